The topological polar surface area (TPSA) is 236 Å². The normalized spacial score (nSPS) is 14.5. The molecule has 0 unspecified atom stereocenters. The molecule has 32 heteroatoms. The minimum atomic E-state index is -4.80. The third-order valence-corrected chi connectivity index (χ3v) is 20.2. The summed E-state index contributed by atoms with van der Waals surface area (Å²) >= 11 is 0. The molecule has 3 aliphatic heterocycles. The van der Waals surface area contributed by atoms with Gasteiger partial charge in [0.25, 0.3) is 17.7 Å². The van der Waals surface area contributed by atoms with Crippen LogP contribution in [-0.4, -0.2) is 96.6 Å². The van der Waals surface area contributed by atoms with Gasteiger partial charge in [0.1, 0.15) is 36.9 Å². The fourth-order valence-corrected chi connectivity index (χ4v) is 14.4. The van der Waals surface area contributed by atoms with Gasteiger partial charge in [0.15, 0.2) is 17.5 Å². The van der Waals surface area contributed by atoms with Crippen molar-refractivity contribution >= 4 is 75.3 Å². The summed E-state index contributed by atoms with van der Waals surface area (Å²) in [6.45, 7) is 10.2. The molecule has 0 aliphatic carbocycles. The smallest absolute Gasteiger partial charge is 0.305 e. The minimum absolute atomic E-state index is 0.194. The van der Waals surface area contributed by atoms with E-state index in [4.69, 9.17) is 28.9 Å². The SMILES string of the molecule is Cc1cc(-c2ncc3cc(C(F)(F)F)ccc3n2)ccc1N1CCn2nc(COP(=O)(OCc3nn4c(c3C)C(=O)N(c3ccc(-c5ncc6cc(C(F)(F)F)ccc6n5)cc3C)CC4)OCc3nn4c(c3C)C(=O)N(c3ccc(-c5ncc6cc(C(F)(F)F)ccc6n5)cc3C)CC4)c(C)c2C1=O. The van der Waals surface area contributed by atoms with Gasteiger partial charge in [-0.3, -0.25) is 42.0 Å². The standard InChI is InChI=1S/C72H57F9N15O7P/c1-37-25-43(64-82-31-46-28-49(70(73,74)75)10-13-52(46)85-64)7-16-58(37)91-19-22-94-61(67(91)97)40(4)55(88-94)34-101-104(100,102-35-56-41(5)62-68(98)92(20-23-95(62)89-56)59-17-8-44(26-38(59)2)65-83-32-47-29-50(71(76,77)78)11-14-53(47)86-65)103-36-57-42(6)63-69(99)93(21-24-96(63)90-57)60-18-9-45(27-39(60)3)66-84-33-48-30-51(72(79,80)81)12-15-54(48)87-66/h7-18,25-33H,19-24,34-36H2,1-6H3. The highest BCUT2D eigenvalue weighted by atomic mass is 31.2. The summed E-state index contributed by atoms with van der Waals surface area (Å²) in [7, 11) is -4.80. The molecule has 3 aliphatic rings. The van der Waals surface area contributed by atoms with Crippen LogP contribution in [0.1, 0.15) is 98.6 Å². The average Bonchev–Trinajstić information content (AvgIpc) is 1.66. The molecule has 0 radical (unpaired) electrons. The maximum absolute atomic E-state index is 15.4. The van der Waals surface area contributed by atoms with Gasteiger partial charge in [-0.15, -0.1) is 0 Å². The van der Waals surface area contributed by atoms with Gasteiger partial charge in [-0.05, 0) is 167 Å². The van der Waals surface area contributed by atoms with Crippen LogP contribution in [0.15, 0.2) is 128 Å². The number of carbonyl (C=O) groups excluding carboxylic acids is 3. The largest absolute Gasteiger partial charge is 0.475 e. The van der Waals surface area contributed by atoms with Crippen LogP contribution in [0.25, 0.3) is 66.9 Å². The molecule has 9 heterocycles. The van der Waals surface area contributed by atoms with E-state index in [9.17, 15) is 53.9 Å². The van der Waals surface area contributed by atoms with Crippen LogP contribution in [0.2, 0.25) is 0 Å². The van der Waals surface area contributed by atoms with E-state index in [0.717, 1.165) is 36.4 Å². The molecular weight excluding hydrogens is 1390 g/mol. The van der Waals surface area contributed by atoms with Crippen LogP contribution in [-0.2, 0) is 76.1 Å². The number of phosphoric ester groups is 1. The van der Waals surface area contributed by atoms with Gasteiger partial charge >= 0.3 is 26.4 Å². The number of aryl methyl sites for hydroxylation is 3. The average molecular weight is 1450 g/mol. The Hall–Kier alpha value is -11.1. The van der Waals surface area contributed by atoms with Crippen molar-refractivity contribution in [2.75, 3.05) is 34.3 Å². The highest BCUT2D eigenvalue weighted by molar-refractivity contribution is 7.48. The zero-order chi connectivity index (χ0) is 73.2. The van der Waals surface area contributed by atoms with Gasteiger partial charge in [-0.25, -0.2) is 34.5 Å². The van der Waals surface area contributed by atoms with E-state index in [0.29, 0.717) is 83.7 Å². The molecule has 530 valence electrons. The number of hydrogen-bond acceptors (Lipinski definition) is 16. The number of hydrogen-bond donors (Lipinski definition) is 0. The van der Waals surface area contributed by atoms with Crippen molar-refractivity contribution in [1.82, 2.24) is 59.2 Å². The Morgan fingerprint density at radius 2 is 0.663 bits per heavy atom. The number of nitrogens with zero attached hydrogens (tertiary/aromatic N) is 15. The van der Waals surface area contributed by atoms with Crippen molar-refractivity contribution in [3.63, 3.8) is 0 Å². The third-order valence-electron chi connectivity index (χ3n) is 18.8. The second kappa shape index (κ2) is 25.7. The molecule has 104 heavy (non-hydrogen) atoms. The molecule has 0 saturated carbocycles. The van der Waals surface area contributed by atoms with E-state index >= 15 is 4.57 Å². The first-order valence-corrected chi connectivity index (χ1v) is 33.9. The predicted molar refractivity (Wildman–Crippen MR) is 362 cm³/mol. The molecule has 0 bridgehead atoms. The summed E-state index contributed by atoms with van der Waals surface area (Å²) < 4.78 is 159. The molecule has 22 nitrogen and oxygen atoms in total. The van der Waals surface area contributed by atoms with Crippen molar-refractivity contribution in [3.05, 3.63) is 212 Å². The zero-order valence-corrected chi connectivity index (χ0v) is 56.8. The first-order valence-electron chi connectivity index (χ1n) is 32.5. The minimum Gasteiger partial charge on any atom is -0.305 e. The van der Waals surface area contributed by atoms with Crippen molar-refractivity contribution in [3.8, 4) is 34.2 Å². The number of rotatable bonds is 15. The molecule has 12 aromatic rings. The molecule has 6 aromatic heterocycles. The summed E-state index contributed by atoms with van der Waals surface area (Å²) in [4.78, 5) is 75.1. The van der Waals surface area contributed by atoms with E-state index in [-0.39, 0.29) is 107 Å². The third kappa shape index (κ3) is 12.6. The van der Waals surface area contributed by atoms with Crippen LogP contribution in [0.5, 0.6) is 0 Å². The first-order chi connectivity index (χ1) is 49.4. The van der Waals surface area contributed by atoms with Crippen molar-refractivity contribution in [2.24, 2.45) is 0 Å². The second-order valence-electron chi connectivity index (χ2n) is 25.5. The van der Waals surface area contributed by atoms with Gasteiger partial charge in [-0.2, -0.15) is 54.8 Å². The number of aromatic nitrogens is 12. The Kier molecular flexibility index (Phi) is 16.9. The molecule has 0 saturated heterocycles. The Bertz CT molecular complexity index is 5100. The molecule has 15 rings (SSSR count). The van der Waals surface area contributed by atoms with E-state index in [1.54, 1.807) is 111 Å². The molecule has 3 amide bonds. The van der Waals surface area contributed by atoms with Crippen LogP contribution >= 0.6 is 7.82 Å². The summed E-state index contributed by atoms with van der Waals surface area (Å²) in [5.74, 6) is -0.407. The monoisotopic (exact) mass is 1450 g/mol. The van der Waals surface area contributed by atoms with Gasteiger partial charge in [0, 0.05) is 105 Å². The van der Waals surface area contributed by atoms with Gasteiger partial charge in [-0.1, -0.05) is 0 Å². The van der Waals surface area contributed by atoms with E-state index < -0.39 is 80.6 Å². The summed E-state index contributed by atoms with van der Waals surface area (Å²) in [5, 5.41) is 14.8. The van der Waals surface area contributed by atoms with Crippen molar-refractivity contribution < 1.29 is 72.0 Å². The molecule has 0 fully saturated rings. The maximum atomic E-state index is 15.4. The number of phosphoric acid groups is 1. The van der Waals surface area contributed by atoms with Crippen LogP contribution in [0.3, 0.4) is 0 Å². The maximum Gasteiger partial charge on any atom is 0.475 e. The highest BCUT2D eigenvalue weighted by Crippen LogP contribution is 2.52. The lowest BCUT2D eigenvalue weighted by Crippen LogP contribution is -2.41. The van der Waals surface area contributed by atoms with Crippen molar-refractivity contribution in [1.29, 1.82) is 0 Å². The van der Waals surface area contributed by atoms with Crippen molar-refractivity contribution in [2.45, 2.75) is 99.5 Å². The van der Waals surface area contributed by atoms with E-state index in [1.807, 2.05) is 0 Å². The Morgan fingerprint density at radius 1 is 0.385 bits per heavy atom. The van der Waals surface area contributed by atoms with Gasteiger partial charge in [0.2, 0.25) is 0 Å². The Morgan fingerprint density at radius 3 is 0.923 bits per heavy atom. The quantitative estimate of drug-likeness (QED) is 0.0685. The fourth-order valence-electron chi connectivity index (χ4n) is 13.3. The Labute approximate surface area is 584 Å². The number of amides is 3. The molecule has 6 aromatic carbocycles. The van der Waals surface area contributed by atoms with E-state index in [1.165, 1.54) is 50.8 Å². The number of anilines is 3. The number of carbonyl (C=O) groups is 3. The highest BCUT2D eigenvalue weighted by Gasteiger charge is 2.39. The molecule has 0 spiro atoms. The summed E-state index contributed by atoms with van der Waals surface area (Å²) in [6.07, 6.45) is -9.63. The molecule has 0 N–H and O–H groups in total. The predicted octanol–water partition coefficient (Wildman–Crippen LogP) is 15.1. The number of alkyl halides is 9. The number of halogens is 9. The van der Waals surface area contributed by atoms with Crippen LogP contribution in [0.4, 0.5) is 56.6 Å². The first kappa shape index (κ1) is 68.6. The van der Waals surface area contributed by atoms with Crippen LogP contribution in [0, 0.1) is 41.5 Å². The zero-order valence-electron chi connectivity index (χ0n) is 55.9. The summed E-state index contributed by atoms with van der Waals surface area (Å²) in [6, 6.07) is 25.4. The lowest BCUT2D eigenvalue weighted by molar-refractivity contribution is -0.138. The Balaban J connectivity index is 0.673. The number of fused-ring (bicyclic) bond motifs is 6. The lowest BCUT2D eigenvalue weighted by Gasteiger charge is -2.29. The molecular formula is C72H57F9N15O7P. The van der Waals surface area contributed by atoms with Gasteiger partial charge < -0.3 is 14.7 Å². The summed E-state index contributed by atoms with van der Waals surface area (Å²) in [5.41, 5.74) is 6.42. The van der Waals surface area contributed by atoms with Crippen LogP contribution < -0.4 is 14.7 Å². The fraction of sp³-hybridized carbons (Fsp3) is 0.250. The lowest BCUT2D eigenvalue weighted by atomic mass is 10.1. The van der Waals surface area contributed by atoms with Gasteiger partial charge in [0.05, 0.1) is 70.0 Å². The molecule has 0 atom stereocenters. The van der Waals surface area contributed by atoms with E-state index in [2.05, 4.69) is 29.9 Å². The number of benzene rings is 6. The second-order valence-corrected chi connectivity index (χ2v) is 27.1.